The molecule has 0 fully saturated rings. The zero-order valence-electron chi connectivity index (χ0n) is 16.7. The lowest BCUT2D eigenvalue weighted by Gasteiger charge is -2.05. The molecule has 0 unspecified atom stereocenters. The SMILES string of the molecule is N#Cc1ccc(Cc2cnc(NC(=O)c3ccc(COc4ccccc4C#N)o3)s2)cc1. The molecule has 0 saturated heterocycles. The van der Waals surface area contributed by atoms with E-state index in [1.807, 2.05) is 12.1 Å². The zero-order valence-corrected chi connectivity index (χ0v) is 17.6. The fourth-order valence-corrected chi connectivity index (χ4v) is 3.76. The molecule has 0 radical (unpaired) electrons. The van der Waals surface area contributed by atoms with Gasteiger partial charge in [0.1, 0.15) is 24.2 Å². The van der Waals surface area contributed by atoms with Gasteiger partial charge >= 0.3 is 0 Å². The minimum Gasteiger partial charge on any atom is -0.484 e. The lowest BCUT2D eigenvalue weighted by molar-refractivity contribution is 0.0992. The molecular weight excluding hydrogens is 424 g/mol. The number of carbonyl (C=O) groups excluding carboxylic acids is 1. The Morgan fingerprint density at radius 3 is 2.66 bits per heavy atom. The first-order valence-electron chi connectivity index (χ1n) is 9.60. The average Bonchev–Trinajstić information content (AvgIpc) is 3.48. The van der Waals surface area contributed by atoms with Gasteiger partial charge in [0.2, 0.25) is 0 Å². The van der Waals surface area contributed by atoms with E-state index < -0.39 is 5.91 Å². The third-order valence-electron chi connectivity index (χ3n) is 4.50. The Morgan fingerprint density at radius 2 is 1.88 bits per heavy atom. The number of carbonyl (C=O) groups is 1. The Labute approximate surface area is 188 Å². The zero-order chi connectivity index (χ0) is 22.3. The normalized spacial score (nSPS) is 10.2. The lowest BCUT2D eigenvalue weighted by atomic mass is 10.1. The number of nitrogens with zero attached hydrogens (tertiary/aromatic N) is 3. The van der Waals surface area contributed by atoms with Crippen LogP contribution in [0.25, 0.3) is 0 Å². The molecule has 2 aromatic carbocycles. The highest BCUT2D eigenvalue weighted by Gasteiger charge is 2.14. The molecule has 0 saturated carbocycles. The van der Waals surface area contributed by atoms with Crippen LogP contribution in [0.3, 0.4) is 0 Å². The number of anilines is 1. The largest absolute Gasteiger partial charge is 0.484 e. The fourth-order valence-electron chi connectivity index (χ4n) is 2.92. The van der Waals surface area contributed by atoms with Crippen LogP contribution >= 0.6 is 11.3 Å². The molecule has 7 nitrogen and oxygen atoms in total. The molecule has 2 heterocycles. The number of hydrogen-bond donors (Lipinski definition) is 1. The number of nitrogens with one attached hydrogen (secondary N) is 1. The summed E-state index contributed by atoms with van der Waals surface area (Å²) in [5.74, 6) is 0.646. The van der Waals surface area contributed by atoms with E-state index >= 15 is 0 Å². The van der Waals surface area contributed by atoms with Crippen LogP contribution in [0.15, 0.2) is 71.3 Å². The van der Waals surface area contributed by atoms with Gasteiger partial charge in [-0.05, 0) is 42.0 Å². The van der Waals surface area contributed by atoms with Crippen molar-refractivity contribution in [2.75, 3.05) is 5.32 Å². The number of benzene rings is 2. The summed E-state index contributed by atoms with van der Waals surface area (Å²) in [7, 11) is 0. The molecule has 0 bridgehead atoms. The summed E-state index contributed by atoms with van der Waals surface area (Å²) in [5, 5.41) is 21.2. The van der Waals surface area contributed by atoms with Crippen LogP contribution in [0.1, 0.15) is 37.9 Å². The van der Waals surface area contributed by atoms with Gasteiger partial charge in [0.15, 0.2) is 10.9 Å². The van der Waals surface area contributed by atoms with E-state index in [1.54, 1.807) is 54.7 Å². The van der Waals surface area contributed by atoms with Crippen LogP contribution in [0, 0.1) is 22.7 Å². The molecule has 2 aromatic heterocycles. The number of amides is 1. The van der Waals surface area contributed by atoms with Crippen LogP contribution < -0.4 is 10.1 Å². The van der Waals surface area contributed by atoms with Crippen molar-refractivity contribution in [3.63, 3.8) is 0 Å². The van der Waals surface area contributed by atoms with Crippen LogP contribution in [0.5, 0.6) is 5.75 Å². The first-order valence-corrected chi connectivity index (χ1v) is 10.4. The summed E-state index contributed by atoms with van der Waals surface area (Å²) in [6, 6.07) is 21.6. The van der Waals surface area contributed by atoms with E-state index in [2.05, 4.69) is 22.4 Å². The summed E-state index contributed by atoms with van der Waals surface area (Å²) in [4.78, 5) is 17.7. The fraction of sp³-hybridized carbons (Fsp3) is 0.0833. The van der Waals surface area contributed by atoms with Crippen LogP contribution in [0.2, 0.25) is 0 Å². The predicted molar refractivity (Wildman–Crippen MR) is 118 cm³/mol. The smallest absolute Gasteiger partial charge is 0.293 e. The van der Waals surface area contributed by atoms with Gasteiger partial charge in [0, 0.05) is 17.5 Å². The number of hydrogen-bond acceptors (Lipinski definition) is 7. The highest BCUT2D eigenvalue weighted by molar-refractivity contribution is 7.15. The van der Waals surface area contributed by atoms with E-state index in [9.17, 15) is 4.79 Å². The molecule has 156 valence electrons. The topological polar surface area (TPSA) is 112 Å². The van der Waals surface area contributed by atoms with Crippen LogP contribution in [-0.2, 0) is 13.0 Å². The van der Waals surface area contributed by atoms with Crippen molar-refractivity contribution >= 4 is 22.4 Å². The van der Waals surface area contributed by atoms with E-state index in [-0.39, 0.29) is 12.4 Å². The van der Waals surface area contributed by atoms with Crippen molar-refractivity contribution in [2.24, 2.45) is 0 Å². The third kappa shape index (κ3) is 5.01. The maximum absolute atomic E-state index is 12.5. The first kappa shape index (κ1) is 20.9. The summed E-state index contributed by atoms with van der Waals surface area (Å²) in [6.45, 7) is 0.0952. The third-order valence-corrected chi connectivity index (χ3v) is 5.41. The van der Waals surface area contributed by atoms with Gasteiger partial charge in [-0.2, -0.15) is 10.5 Å². The number of para-hydroxylation sites is 1. The van der Waals surface area contributed by atoms with Gasteiger partial charge in [-0.15, -0.1) is 11.3 Å². The molecule has 4 rings (SSSR count). The van der Waals surface area contributed by atoms with Crippen LogP contribution in [-0.4, -0.2) is 10.9 Å². The molecule has 0 spiro atoms. The summed E-state index contributed by atoms with van der Waals surface area (Å²) >= 11 is 1.37. The minimum absolute atomic E-state index is 0.0952. The van der Waals surface area contributed by atoms with Crippen molar-refractivity contribution in [3.05, 3.63) is 99.9 Å². The summed E-state index contributed by atoms with van der Waals surface area (Å²) in [5.41, 5.74) is 2.10. The Morgan fingerprint density at radius 1 is 1.06 bits per heavy atom. The van der Waals surface area contributed by atoms with Crippen molar-refractivity contribution in [3.8, 4) is 17.9 Å². The van der Waals surface area contributed by atoms with Crippen molar-refractivity contribution in [1.82, 2.24) is 4.98 Å². The maximum Gasteiger partial charge on any atom is 0.293 e. The molecule has 8 heteroatoms. The molecule has 4 aromatic rings. The van der Waals surface area contributed by atoms with Gasteiger partial charge in [-0.3, -0.25) is 10.1 Å². The number of ether oxygens (including phenoxy) is 1. The van der Waals surface area contributed by atoms with E-state index in [1.165, 1.54) is 11.3 Å². The van der Waals surface area contributed by atoms with Crippen molar-refractivity contribution < 1.29 is 13.9 Å². The van der Waals surface area contributed by atoms with Gasteiger partial charge in [0.05, 0.1) is 17.2 Å². The van der Waals surface area contributed by atoms with E-state index in [0.717, 1.165) is 10.4 Å². The second-order valence-electron chi connectivity index (χ2n) is 6.73. The minimum atomic E-state index is -0.409. The average molecular weight is 440 g/mol. The molecule has 0 aliphatic rings. The predicted octanol–water partition coefficient (Wildman–Crippen LogP) is 4.90. The number of thiazole rings is 1. The van der Waals surface area contributed by atoms with Crippen molar-refractivity contribution in [1.29, 1.82) is 10.5 Å². The second kappa shape index (κ2) is 9.61. The van der Waals surface area contributed by atoms with Crippen molar-refractivity contribution in [2.45, 2.75) is 13.0 Å². The Hall–Kier alpha value is -4.40. The number of rotatable bonds is 7. The Kier molecular flexibility index (Phi) is 6.26. The first-order chi connectivity index (χ1) is 15.6. The van der Waals surface area contributed by atoms with E-state index in [0.29, 0.717) is 34.2 Å². The molecular formula is C24H16N4O3S. The van der Waals surface area contributed by atoms with Gasteiger partial charge in [-0.1, -0.05) is 24.3 Å². The molecule has 1 amide bonds. The molecule has 0 atom stereocenters. The number of furan rings is 1. The summed E-state index contributed by atoms with van der Waals surface area (Å²) in [6.07, 6.45) is 2.37. The highest BCUT2D eigenvalue weighted by atomic mass is 32.1. The maximum atomic E-state index is 12.5. The standard InChI is InChI=1S/C24H16N4O3S/c25-12-17-7-5-16(6-8-17)11-20-14-27-24(32-20)28-23(29)22-10-9-19(31-22)15-30-21-4-2-1-3-18(21)13-26/h1-10,14H,11,15H2,(H,27,28,29). The second-order valence-corrected chi connectivity index (χ2v) is 7.85. The highest BCUT2D eigenvalue weighted by Crippen LogP contribution is 2.23. The molecule has 32 heavy (non-hydrogen) atoms. The molecule has 1 N–H and O–H groups in total. The number of aromatic nitrogens is 1. The van der Waals surface area contributed by atoms with Gasteiger partial charge in [0.25, 0.3) is 5.91 Å². The monoisotopic (exact) mass is 440 g/mol. The Balaban J connectivity index is 1.34. The number of nitriles is 2. The van der Waals surface area contributed by atoms with Crippen LogP contribution in [0.4, 0.5) is 5.13 Å². The molecule has 0 aliphatic heterocycles. The molecule has 0 aliphatic carbocycles. The lowest BCUT2D eigenvalue weighted by Crippen LogP contribution is -2.10. The Bertz CT molecular complexity index is 1330. The quantitative estimate of drug-likeness (QED) is 0.437. The van der Waals surface area contributed by atoms with E-state index in [4.69, 9.17) is 19.7 Å². The van der Waals surface area contributed by atoms with Gasteiger partial charge in [-0.25, -0.2) is 4.98 Å². The summed E-state index contributed by atoms with van der Waals surface area (Å²) < 4.78 is 11.2. The van der Waals surface area contributed by atoms with Gasteiger partial charge < -0.3 is 9.15 Å².